The maximum Gasteiger partial charge on any atom is 0.00982 e. The summed E-state index contributed by atoms with van der Waals surface area (Å²) < 4.78 is 0. The standard InChI is InChI=1S/C9H17N.C8H17N.C7H15N/c1-7-5-8-3-4-9(6-7)10(8)2;1-8-4-3-6-9(2)7-5-8;1-7-3-5-8(2)6-4-7/h7-9H,3-6H2,1-2H3;8H,3-7H2,1-2H3;7H,3-6H2,1-2H3. The number of hydrogen-bond acceptors (Lipinski definition) is 3. The summed E-state index contributed by atoms with van der Waals surface area (Å²) in [6.07, 6.45) is 12.9. The number of fused-ring (bicyclic) bond motifs is 2. The molecule has 3 heteroatoms. The first-order valence-electron chi connectivity index (χ1n) is 11.9. The smallest absolute Gasteiger partial charge is 0.00982 e. The summed E-state index contributed by atoms with van der Waals surface area (Å²) in [5.74, 6) is 2.94. The molecule has 2 bridgehead atoms. The van der Waals surface area contributed by atoms with Crippen molar-refractivity contribution >= 4 is 0 Å². The van der Waals surface area contributed by atoms with Crippen LogP contribution in [-0.2, 0) is 0 Å². The number of hydrogen-bond donors (Lipinski definition) is 0. The molecule has 3 unspecified atom stereocenters. The van der Waals surface area contributed by atoms with Crippen LogP contribution in [0.2, 0.25) is 0 Å². The Morgan fingerprint density at radius 1 is 0.519 bits per heavy atom. The Morgan fingerprint density at radius 2 is 0.963 bits per heavy atom. The van der Waals surface area contributed by atoms with Crippen LogP contribution in [0.3, 0.4) is 0 Å². The molecule has 0 spiro atoms. The highest BCUT2D eigenvalue weighted by molar-refractivity contribution is 4.91. The van der Waals surface area contributed by atoms with Gasteiger partial charge in [-0.05, 0) is 123 Å². The molecule has 0 amide bonds. The van der Waals surface area contributed by atoms with Crippen LogP contribution in [0.15, 0.2) is 0 Å². The first-order valence-corrected chi connectivity index (χ1v) is 11.9. The highest BCUT2D eigenvalue weighted by atomic mass is 15.2. The quantitative estimate of drug-likeness (QED) is 0.588. The molecule has 3 atom stereocenters. The summed E-state index contributed by atoms with van der Waals surface area (Å²) in [6, 6.07) is 1.88. The molecule has 0 aliphatic carbocycles. The number of nitrogens with zero attached hydrogens (tertiary/aromatic N) is 3. The van der Waals surface area contributed by atoms with Crippen molar-refractivity contribution < 1.29 is 0 Å². The third-order valence-corrected chi connectivity index (χ3v) is 7.58. The van der Waals surface area contributed by atoms with Gasteiger partial charge in [-0.2, -0.15) is 0 Å². The van der Waals surface area contributed by atoms with E-state index in [4.69, 9.17) is 0 Å². The average molecular weight is 380 g/mol. The van der Waals surface area contributed by atoms with Gasteiger partial charge in [-0.3, -0.25) is 0 Å². The molecule has 0 saturated carbocycles. The van der Waals surface area contributed by atoms with E-state index in [1.54, 1.807) is 0 Å². The second kappa shape index (κ2) is 11.8. The summed E-state index contributed by atoms with van der Waals surface area (Å²) in [5, 5.41) is 0. The fraction of sp³-hybridized carbons (Fsp3) is 1.00. The minimum atomic E-state index is 0.939. The monoisotopic (exact) mass is 379 g/mol. The Balaban J connectivity index is 0.000000146. The number of rotatable bonds is 0. The van der Waals surface area contributed by atoms with E-state index in [-0.39, 0.29) is 0 Å². The average Bonchev–Trinajstić information content (AvgIpc) is 2.81. The zero-order chi connectivity index (χ0) is 19.8. The largest absolute Gasteiger partial charge is 0.306 e. The molecule has 4 aliphatic heterocycles. The van der Waals surface area contributed by atoms with E-state index in [0.29, 0.717) is 0 Å². The third-order valence-electron chi connectivity index (χ3n) is 7.58. The molecule has 4 heterocycles. The van der Waals surface area contributed by atoms with Crippen LogP contribution in [0.5, 0.6) is 0 Å². The van der Waals surface area contributed by atoms with E-state index in [9.17, 15) is 0 Å². The lowest BCUT2D eigenvalue weighted by atomic mass is 9.93. The first-order chi connectivity index (χ1) is 12.8. The lowest BCUT2D eigenvalue weighted by molar-refractivity contribution is 0.142. The van der Waals surface area contributed by atoms with Gasteiger partial charge in [0.1, 0.15) is 0 Å². The lowest BCUT2D eigenvalue weighted by Gasteiger charge is -2.34. The van der Waals surface area contributed by atoms with Crippen LogP contribution in [0, 0.1) is 17.8 Å². The van der Waals surface area contributed by atoms with Crippen molar-refractivity contribution in [3.8, 4) is 0 Å². The molecule has 0 radical (unpaired) electrons. The Bertz CT molecular complexity index is 357. The second-order valence-electron chi connectivity index (χ2n) is 10.5. The summed E-state index contributed by atoms with van der Waals surface area (Å²) in [6.45, 7) is 12.3. The van der Waals surface area contributed by atoms with Crippen molar-refractivity contribution in [3.05, 3.63) is 0 Å². The molecule has 160 valence electrons. The van der Waals surface area contributed by atoms with Gasteiger partial charge in [0.2, 0.25) is 0 Å². The number of likely N-dealkylation sites (tertiary alicyclic amines) is 2. The fourth-order valence-electron chi connectivity index (χ4n) is 5.23. The molecule has 0 aromatic rings. The molecule has 27 heavy (non-hydrogen) atoms. The van der Waals surface area contributed by atoms with E-state index in [1.165, 1.54) is 84.0 Å². The summed E-state index contributed by atoms with van der Waals surface area (Å²) in [7, 11) is 6.72. The number of piperidine rings is 2. The van der Waals surface area contributed by atoms with E-state index in [2.05, 4.69) is 56.6 Å². The molecule has 0 aromatic heterocycles. The Kier molecular flexibility index (Phi) is 10.1. The van der Waals surface area contributed by atoms with Gasteiger partial charge in [0.05, 0.1) is 0 Å². The van der Waals surface area contributed by atoms with Crippen LogP contribution in [0.25, 0.3) is 0 Å². The minimum absolute atomic E-state index is 0.939. The molecule has 3 nitrogen and oxygen atoms in total. The van der Waals surface area contributed by atoms with Gasteiger partial charge < -0.3 is 14.7 Å². The second-order valence-corrected chi connectivity index (χ2v) is 10.5. The molecule has 0 aromatic carbocycles. The van der Waals surface area contributed by atoms with Crippen molar-refractivity contribution in [2.75, 3.05) is 47.3 Å². The van der Waals surface area contributed by atoms with Crippen molar-refractivity contribution in [1.29, 1.82) is 0 Å². The maximum atomic E-state index is 2.60. The van der Waals surface area contributed by atoms with Crippen molar-refractivity contribution in [3.63, 3.8) is 0 Å². The van der Waals surface area contributed by atoms with Crippen LogP contribution in [-0.4, -0.2) is 74.1 Å². The van der Waals surface area contributed by atoms with Crippen molar-refractivity contribution in [1.82, 2.24) is 14.7 Å². The zero-order valence-electron chi connectivity index (χ0n) is 19.4. The van der Waals surface area contributed by atoms with Crippen LogP contribution in [0.1, 0.15) is 78.6 Å². The first kappa shape index (κ1) is 23.2. The molecule has 4 aliphatic rings. The van der Waals surface area contributed by atoms with Crippen molar-refractivity contribution in [2.45, 2.75) is 90.6 Å². The highest BCUT2D eigenvalue weighted by Gasteiger charge is 2.36. The SMILES string of the molecule is CC1CC2CCC(C1)N2C.CC1CCCN(C)CC1.CC1CCN(C)CC1. The predicted octanol–water partition coefficient (Wildman–Crippen LogP) is 4.97. The van der Waals surface area contributed by atoms with Crippen LogP contribution < -0.4 is 0 Å². The van der Waals surface area contributed by atoms with Crippen LogP contribution in [0.4, 0.5) is 0 Å². The van der Waals surface area contributed by atoms with E-state index >= 15 is 0 Å². The summed E-state index contributed by atoms with van der Waals surface area (Å²) >= 11 is 0. The Morgan fingerprint density at radius 3 is 1.48 bits per heavy atom. The molecule has 0 N–H and O–H groups in total. The summed E-state index contributed by atoms with van der Waals surface area (Å²) in [5.41, 5.74) is 0. The van der Waals surface area contributed by atoms with E-state index < -0.39 is 0 Å². The van der Waals surface area contributed by atoms with Gasteiger partial charge in [0.25, 0.3) is 0 Å². The Hall–Kier alpha value is -0.120. The topological polar surface area (TPSA) is 9.72 Å². The minimum Gasteiger partial charge on any atom is -0.306 e. The van der Waals surface area contributed by atoms with Gasteiger partial charge in [-0.15, -0.1) is 0 Å². The van der Waals surface area contributed by atoms with Gasteiger partial charge in [0.15, 0.2) is 0 Å². The fourth-order valence-corrected chi connectivity index (χ4v) is 5.23. The molecule has 4 fully saturated rings. The van der Waals surface area contributed by atoms with E-state index in [0.717, 1.165) is 29.8 Å². The van der Waals surface area contributed by atoms with Gasteiger partial charge in [-0.1, -0.05) is 20.8 Å². The molecule has 4 saturated heterocycles. The maximum absolute atomic E-state index is 2.60. The van der Waals surface area contributed by atoms with Gasteiger partial charge in [-0.25, -0.2) is 0 Å². The summed E-state index contributed by atoms with van der Waals surface area (Å²) in [4.78, 5) is 7.43. The Labute approximate surface area is 170 Å². The van der Waals surface area contributed by atoms with Crippen LogP contribution >= 0.6 is 0 Å². The van der Waals surface area contributed by atoms with E-state index in [1.807, 2.05) is 0 Å². The normalized spacial score (nSPS) is 36.2. The van der Waals surface area contributed by atoms with Crippen molar-refractivity contribution in [2.24, 2.45) is 17.8 Å². The van der Waals surface area contributed by atoms with Gasteiger partial charge in [0, 0.05) is 12.1 Å². The molecular weight excluding hydrogens is 330 g/mol. The molecule has 4 rings (SSSR count). The predicted molar refractivity (Wildman–Crippen MR) is 119 cm³/mol. The van der Waals surface area contributed by atoms with Gasteiger partial charge >= 0.3 is 0 Å². The third kappa shape index (κ3) is 8.41. The molecular formula is C24H49N3. The zero-order valence-corrected chi connectivity index (χ0v) is 19.4. The lowest BCUT2D eigenvalue weighted by Crippen LogP contribution is -2.39. The highest BCUT2D eigenvalue weighted by Crippen LogP contribution is 2.36.